The summed E-state index contributed by atoms with van der Waals surface area (Å²) in [7, 11) is -4.50. The van der Waals surface area contributed by atoms with Crippen LogP contribution in [0.2, 0.25) is 0 Å². The van der Waals surface area contributed by atoms with Gasteiger partial charge in [-0.05, 0) is 12.1 Å². The summed E-state index contributed by atoms with van der Waals surface area (Å²) in [5, 5.41) is 8.83. The van der Waals surface area contributed by atoms with Crippen molar-refractivity contribution in [1.82, 2.24) is 0 Å². The Kier molecular flexibility index (Phi) is 4.10. The highest BCUT2D eigenvalue weighted by Crippen LogP contribution is 2.15. The van der Waals surface area contributed by atoms with E-state index >= 15 is 0 Å². The number of rotatable bonds is 5. The average Bonchev–Trinajstić information content (AvgIpc) is 2.25. The van der Waals surface area contributed by atoms with Gasteiger partial charge in [0, 0.05) is 0 Å². The lowest BCUT2D eigenvalue weighted by Crippen LogP contribution is -2.36. The van der Waals surface area contributed by atoms with Crippen molar-refractivity contribution in [1.29, 1.82) is 0 Å². The molecule has 0 amide bonds. The van der Waals surface area contributed by atoms with Gasteiger partial charge in [-0.15, -0.1) is 4.40 Å². The van der Waals surface area contributed by atoms with Crippen molar-refractivity contribution in [2.45, 2.75) is 5.44 Å². The maximum atomic E-state index is 11.5. The first-order valence-electron chi connectivity index (χ1n) is 4.62. The van der Waals surface area contributed by atoms with Crippen molar-refractivity contribution in [2.75, 3.05) is 0 Å². The van der Waals surface area contributed by atoms with Crippen LogP contribution in [0.15, 0.2) is 34.7 Å². The molecule has 0 heterocycles. The van der Waals surface area contributed by atoms with Gasteiger partial charge in [-0.1, -0.05) is 18.2 Å². The number of hydrogen-bond acceptors (Lipinski definition) is 4. The summed E-state index contributed by atoms with van der Waals surface area (Å²) in [5.41, 5.74) is 7.61. The summed E-state index contributed by atoms with van der Waals surface area (Å²) in [6.45, 7) is 0. The van der Waals surface area contributed by atoms with E-state index < -0.39 is 27.4 Å². The number of benzene rings is 1. The first-order chi connectivity index (χ1) is 8.33. The smallest absolute Gasteiger partial charge is 0.363 e. The van der Waals surface area contributed by atoms with Gasteiger partial charge in [-0.25, -0.2) is 4.79 Å². The second-order valence-corrected chi connectivity index (χ2v) is 4.77. The lowest BCUT2D eigenvalue weighted by Gasteiger charge is -2.12. The van der Waals surface area contributed by atoms with Gasteiger partial charge in [0.1, 0.15) is 5.75 Å². The molecule has 1 rings (SSSR count). The Morgan fingerprint density at radius 2 is 1.83 bits per heavy atom. The molecular formula is C9H11N3O5S. The van der Waals surface area contributed by atoms with E-state index in [1.165, 1.54) is 12.1 Å². The minimum absolute atomic E-state index is 0.0688. The maximum absolute atomic E-state index is 11.5. The molecule has 1 atom stereocenters. The van der Waals surface area contributed by atoms with Gasteiger partial charge in [0.25, 0.3) is 0 Å². The van der Waals surface area contributed by atoms with E-state index in [9.17, 15) is 13.2 Å². The van der Waals surface area contributed by atoms with Gasteiger partial charge in [0.2, 0.25) is 5.96 Å². The molecule has 0 aliphatic carbocycles. The number of ether oxygens (including phenoxy) is 1. The number of aliphatic carboxylic acids is 1. The standard InChI is InChI=1S/C9H11N3O5S/c10-9(11)12-18(15,16)8(7(13)14)17-6-4-2-1-3-5-6/h1-5,8H,(H,13,14)(H4,10,11,12). The van der Waals surface area contributed by atoms with Gasteiger partial charge in [-0.2, -0.15) is 8.42 Å². The third kappa shape index (κ3) is 3.63. The zero-order valence-electron chi connectivity index (χ0n) is 9.05. The molecule has 0 spiro atoms. The number of carboxylic acids is 1. The highest BCUT2D eigenvalue weighted by atomic mass is 32.2. The van der Waals surface area contributed by atoms with Crippen LogP contribution in [0.25, 0.3) is 0 Å². The lowest BCUT2D eigenvalue weighted by atomic mass is 10.3. The molecule has 0 aliphatic heterocycles. The summed E-state index contributed by atoms with van der Waals surface area (Å²) in [5.74, 6) is -2.42. The quantitative estimate of drug-likeness (QED) is 0.464. The van der Waals surface area contributed by atoms with Crippen LogP contribution in [0, 0.1) is 0 Å². The third-order valence-electron chi connectivity index (χ3n) is 1.69. The van der Waals surface area contributed by atoms with Crippen LogP contribution >= 0.6 is 0 Å². The number of nitrogens with two attached hydrogens (primary N) is 2. The van der Waals surface area contributed by atoms with Crippen molar-refractivity contribution in [3.8, 4) is 5.75 Å². The molecule has 18 heavy (non-hydrogen) atoms. The van der Waals surface area contributed by atoms with Crippen LogP contribution in [0.4, 0.5) is 0 Å². The Labute approximate surface area is 103 Å². The van der Waals surface area contributed by atoms with Crippen LogP contribution in [0.5, 0.6) is 5.75 Å². The van der Waals surface area contributed by atoms with E-state index in [0.29, 0.717) is 0 Å². The zero-order valence-corrected chi connectivity index (χ0v) is 9.87. The largest absolute Gasteiger partial charge is 0.478 e. The molecule has 0 radical (unpaired) electrons. The molecule has 5 N–H and O–H groups in total. The van der Waals surface area contributed by atoms with E-state index in [4.69, 9.17) is 21.3 Å². The molecule has 0 aliphatic rings. The molecule has 0 bridgehead atoms. The zero-order chi connectivity index (χ0) is 13.8. The van der Waals surface area contributed by atoms with Crippen molar-refractivity contribution >= 4 is 22.0 Å². The first-order valence-corrected chi connectivity index (χ1v) is 6.12. The lowest BCUT2D eigenvalue weighted by molar-refractivity contribution is -0.141. The molecule has 8 nitrogen and oxygen atoms in total. The molecule has 0 aromatic heterocycles. The molecular weight excluding hydrogens is 262 g/mol. The summed E-state index contributed by atoms with van der Waals surface area (Å²) in [4.78, 5) is 10.9. The van der Waals surface area contributed by atoms with Gasteiger partial charge in [0.15, 0.2) is 0 Å². The predicted octanol–water partition coefficient (Wildman–Crippen LogP) is -0.921. The van der Waals surface area contributed by atoms with Crippen molar-refractivity contribution < 1.29 is 23.1 Å². The second-order valence-electron chi connectivity index (χ2n) is 3.13. The van der Waals surface area contributed by atoms with Gasteiger partial charge in [0.05, 0.1) is 0 Å². The van der Waals surface area contributed by atoms with E-state index in [1.54, 1.807) is 18.2 Å². The molecule has 0 saturated carbocycles. The SMILES string of the molecule is NC(N)=NS(=O)(=O)C(Oc1ccccc1)C(=O)O. The molecule has 0 fully saturated rings. The fourth-order valence-corrected chi connectivity index (χ4v) is 1.93. The minimum atomic E-state index is -4.50. The average molecular weight is 273 g/mol. The van der Waals surface area contributed by atoms with E-state index in [1.807, 2.05) is 0 Å². The van der Waals surface area contributed by atoms with Crippen molar-refractivity contribution in [3.05, 3.63) is 30.3 Å². The van der Waals surface area contributed by atoms with Crippen LogP contribution < -0.4 is 16.2 Å². The monoisotopic (exact) mass is 273 g/mol. The van der Waals surface area contributed by atoms with Gasteiger partial charge in [-0.3, -0.25) is 0 Å². The Morgan fingerprint density at radius 3 is 2.28 bits per heavy atom. The Balaban J connectivity index is 3.06. The van der Waals surface area contributed by atoms with Gasteiger partial charge >= 0.3 is 21.4 Å². The Hall–Kier alpha value is -2.29. The molecule has 1 unspecified atom stereocenters. The van der Waals surface area contributed by atoms with E-state index in [2.05, 4.69) is 4.40 Å². The molecule has 1 aromatic rings. The molecule has 0 saturated heterocycles. The number of carboxylic acid groups (broad SMARTS) is 1. The highest BCUT2D eigenvalue weighted by molar-refractivity contribution is 7.91. The van der Waals surface area contributed by atoms with E-state index in [0.717, 1.165) is 0 Å². The summed E-state index contributed by atoms with van der Waals surface area (Å²) < 4.78 is 30.8. The van der Waals surface area contributed by atoms with Crippen LogP contribution in [-0.4, -0.2) is 30.9 Å². The highest BCUT2D eigenvalue weighted by Gasteiger charge is 2.35. The number of hydrogen-bond donors (Lipinski definition) is 3. The summed E-state index contributed by atoms with van der Waals surface area (Å²) >= 11 is 0. The van der Waals surface area contributed by atoms with Crippen molar-refractivity contribution in [3.63, 3.8) is 0 Å². The van der Waals surface area contributed by atoms with Crippen LogP contribution in [0.1, 0.15) is 0 Å². The van der Waals surface area contributed by atoms with Crippen LogP contribution in [-0.2, 0) is 14.8 Å². The third-order valence-corrected chi connectivity index (χ3v) is 3.00. The molecule has 1 aromatic carbocycles. The second kappa shape index (κ2) is 5.36. The molecule has 98 valence electrons. The fourth-order valence-electron chi connectivity index (χ4n) is 1.06. The number of guanidine groups is 1. The topological polar surface area (TPSA) is 145 Å². The normalized spacial score (nSPS) is 12.4. The molecule has 9 heteroatoms. The van der Waals surface area contributed by atoms with Gasteiger partial charge < -0.3 is 21.3 Å². The first kappa shape index (κ1) is 13.8. The Morgan fingerprint density at radius 1 is 1.28 bits per heavy atom. The fraction of sp³-hybridized carbons (Fsp3) is 0.111. The maximum Gasteiger partial charge on any atom is 0.363 e. The minimum Gasteiger partial charge on any atom is -0.478 e. The van der Waals surface area contributed by atoms with Crippen LogP contribution in [0.3, 0.4) is 0 Å². The Bertz CT molecular complexity index is 551. The number of para-hydroxylation sites is 1. The predicted molar refractivity (Wildman–Crippen MR) is 63.2 cm³/mol. The van der Waals surface area contributed by atoms with E-state index in [-0.39, 0.29) is 5.75 Å². The summed E-state index contributed by atoms with van der Waals surface area (Å²) in [6.07, 6.45) is 0. The van der Waals surface area contributed by atoms with Crippen molar-refractivity contribution in [2.24, 2.45) is 15.9 Å². The number of sulfonamides is 1. The number of carbonyl (C=O) groups is 1. The number of nitrogens with zero attached hydrogens (tertiary/aromatic N) is 1. The summed E-state index contributed by atoms with van der Waals surface area (Å²) in [6, 6.07) is 7.58.